The largest absolute Gasteiger partial charge is 0.382 e. The average Bonchev–Trinajstić information content (AvgIpc) is 3.42. The number of hydrogen-bond acceptors (Lipinski definition) is 6. The molecule has 1 aliphatic heterocycles. The number of halogens is 1. The molecule has 9 nitrogen and oxygen atoms in total. The molecule has 0 radical (unpaired) electrons. The summed E-state index contributed by atoms with van der Waals surface area (Å²) in [6.45, 7) is 5.26. The predicted molar refractivity (Wildman–Crippen MR) is 157 cm³/mol. The smallest absolute Gasteiger partial charge is 0.253 e. The Labute approximate surface area is 242 Å². The van der Waals surface area contributed by atoms with E-state index >= 15 is 4.39 Å². The normalized spacial score (nSPS) is 22.7. The zero-order chi connectivity index (χ0) is 29.7. The molecular formula is C30H42FN5O4S. The average molecular weight is 588 g/mol. The van der Waals surface area contributed by atoms with Crippen molar-refractivity contribution >= 4 is 27.3 Å². The maximum Gasteiger partial charge on any atom is 0.253 e. The first-order chi connectivity index (χ1) is 19.3. The molecule has 0 spiro atoms. The molecule has 224 valence electrons. The van der Waals surface area contributed by atoms with Crippen LogP contribution in [0.2, 0.25) is 0 Å². The van der Waals surface area contributed by atoms with Crippen LogP contribution in [-0.2, 0) is 33.9 Å². The van der Waals surface area contributed by atoms with Crippen LogP contribution < -0.4 is 16.4 Å². The Morgan fingerprint density at radius 2 is 1.83 bits per heavy atom. The van der Waals surface area contributed by atoms with Gasteiger partial charge in [0.05, 0.1) is 27.6 Å². The van der Waals surface area contributed by atoms with Gasteiger partial charge in [-0.15, -0.1) is 0 Å². The maximum absolute atomic E-state index is 15.6. The van der Waals surface area contributed by atoms with Gasteiger partial charge in [0.2, 0.25) is 5.91 Å². The molecule has 1 fully saturated rings. The summed E-state index contributed by atoms with van der Waals surface area (Å²) < 4.78 is 44.3. The highest BCUT2D eigenvalue weighted by atomic mass is 32.2. The molecule has 1 aromatic heterocycles. The highest BCUT2D eigenvalue weighted by Gasteiger charge is 2.42. The highest BCUT2D eigenvalue weighted by Crippen LogP contribution is 2.45. The fourth-order valence-electron chi connectivity index (χ4n) is 6.94. The van der Waals surface area contributed by atoms with Gasteiger partial charge in [0.15, 0.2) is 9.84 Å². The van der Waals surface area contributed by atoms with Gasteiger partial charge >= 0.3 is 0 Å². The maximum atomic E-state index is 15.6. The minimum atomic E-state index is -3.49. The Kier molecular flexibility index (Phi) is 7.97. The van der Waals surface area contributed by atoms with Crippen LogP contribution in [0.1, 0.15) is 73.3 Å². The van der Waals surface area contributed by atoms with Gasteiger partial charge < -0.3 is 25.8 Å². The number of hydrogen-bond donors (Lipinski definition) is 3. The summed E-state index contributed by atoms with van der Waals surface area (Å²) in [7, 11) is 0.432. The number of amides is 2. The van der Waals surface area contributed by atoms with Gasteiger partial charge in [-0.05, 0) is 88.6 Å². The van der Waals surface area contributed by atoms with Crippen LogP contribution in [-0.4, -0.2) is 68.7 Å². The van der Waals surface area contributed by atoms with Crippen LogP contribution in [0.15, 0.2) is 17.0 Å². The zero-order valence-electron chi connectivity index (χ0n) is 24.5. The molecule has 0 bridgehead atoms. The summed E-state index contributed by atoms with van der Waals surface area (Å²) in [5.74, 6) is -1.54. The first-order valence-corrected chi connectivity index (χ1v) is 16.2. The molecule has 1 saturated carbocycles. The number of aromatic nitrogens is 1. The Balaban J connectivity index is 1.44. The molecule has 1 aromatic carbocycles. The van der Waals surface area contributed by atoms with Gasteiger partial charge in [0.1, 0.15) is 5.82 Å². The lowest BCUT2D eigenvalue weighted by atomic mass is 9.85. The second kappa shape index (κ2) is 11.1. The third-order valence-corrected chi connectivity index (χ3v) is 11.0. The molecule has 41 heavy (non-hydrogen) atoms. The van der Waals surface area contributed by atoms with Gasteiger partial charge in [-0.1, -0.05) is 13.8 Å². The van der Waals surface area contributed by atoms with Gasteiger partial charge in [-0.2, -0.15) is 0 Å². The Morgan fingerprint density at radius 3 is 2.49 bits per heavy atom. The molecule has 2 heterocycles. The number of primary amides is 1. The first-order valence-electron chi connectivity index (χ1n) is 14.6. The summed E-state index contributed by atoms with van der Waals surface area (Å²) in [6.07, 6.45) is 5.54. The highest BCUT2D eigenvalue weighted by molar-refractivity contribution is 7.91. The number of anilines is 1. The number of fused-ring (bicyclic) bond motifs is 3. The van der Waals surface area contributed by atoms with Crippen molar-refractivity contribution in [2.24, 2.45) is 17.1 Å². The number of nitrogens with two attached hydrogens (primary N) is 1. The zero-order valence-corrected chi connectivity index (χ0v) is 25.3. The van der Waals surface area contributed by atoms with Crippen molar-refractivity contribution in [3.05, 3.63) is 40.5 Å². The summed E-state index contributed by atoms with van der Waals surface area (Å²) in [4.78, 5) is 27.4. The summed E-state index contributed by atoms with van der Waals surface area (Å²) >= 11 is 0. The Morgan fingerprint density at radius 1 is 1.12 bits per heavy atom. The molecule has 3 aliphatic rings. The van der Waals surface area contributed by atoms with E-state index in [1.54, 1.807) is 6.07 Å². The van der Waals surface area contributed by atoms with E-state index in [2.05, 4.69) is 10.6 Å². The standard InChI is InChI=1S/C30H42FN5O4S/c1-30(2)16-25-27(41(39,40)17-30)21-6-5-7-24(21)36(25)20-14-22(31)26(28(32)37)23(15-20)34-19-10-8-18(9-11-19)29(38)33-12-13-35(3)4/h14-15,18-19,34H,5-13,16-17H2,1-4H3,(H2,32,37)(H,33,38). The van der Waals surface area contributed by atoms with Crippen molar-refractivity contribution in [1.82, 2.24) is 14.8 Å². The van der Waals surface area contributed by atoms with Gasteiger partial charge in [0.25, 0.3) is 5.91 Å². The third kappa shape index (κ3) is 5.88. The predicted octanol–water partition coefficient (Wildman–Crippen LogP) is 3.21. The van der Waals surface area contributed by atoms with Crippen molar-refractivity contribution in [3.8, 4) is 5.69 Å². The van der Waals surface area contributed by atoms with Crippen molar-refractivity contribution in [2.75, 3.05) is 38.3 Å². The van der Waals surface area contributed by atoms with Crippen molar-refractivity contribution in [1.29, 1.82) is 0 Å². The molecule has 2 amide bonds. The van der Waals surface area contributed by atoms with E-state index < -0.39 is 27.0 Å². The number of rotatable bonds is 8. The van der Waals surface area contributed by atoms with Crippen molar-refractivity contribution in [3.63, 3.8) is 0 Å². The fraction of sp³-hybridized carbons (Fsp3) is 0.600. The van der Waals surface area contributed by atoms with E-state index in [9.17, 15) is 18.0 Å². The summed E-state index contributed by atoms with van der Waals surface area (Å²) in [5.41, 5.74) is 8.23. The molecule has 0 unspecified atom stereocenters. The van der Waals surface area contributed by atoms with Gasteiger partial charge in [0, 0.05) is 36.4 Å². The van der Waals surface area contributed by atoms with E-state index in [1.807, 2.05) is 37.4 Å². The van der Waals surface area contributed by atoms with E-state index in [0.717, 1.165) is 24.2 Å². The molecule has 2 aromatic rings. The lowest BCUT2D eigenvalue weighted by molar-refractivity contribution is -0.125. The van der Waals surface area contributed by atoms with Crippen LogP contribution in [0.5, 0.6) is 0 Å². The van der Waals surface area contributed by atoms with Crippen LogP contribution in [0.25, 0.3) is 5.69 Å². The number of benzene rings is 1. The fourth-order valence-corrected chi connectivity index (χ4v) is 9.33. The number of sulfone groups is 1. The monoisotopic (exact) mass is 587 g/mol. The second-order valence-electron chi connectivity index (χ2n) is 13.0. The van der Waals surface area contributed by atoms with Gasteiger partial charge in [-0.25, -0.2) is 12.8 Å². The number of carbonyl (C=O) groups is 2. The van der Waals surface area contributed by atoms with Crippen molar-refractivity contribution in [2.45, 2.75) is 76.2 Å². The number of nitrogens with zero attached hydrogens (tertiary/aromatic N) is 2. The first kappa shape index (κ1) is 29.6. The Hall–Kier alpha value is -2.92. The summed E-state index contributed by atoms with van der Waals surface area (Å²) in [6, 6.07) is 2.97. The summed E-state index contributed by atoms with van der Waals surface area (Å²) in [5, 5.41) is 6.36. The quantitative estimate of drug-likeness (QED) is 0.436. The van der Waals surface area contributed by atoms with E-state index in [4.69, 9.17) is 5.73 Å². The lowest BCUT2D eigenvalue weighted by Gasteiger charge is -2.31. The van der Waals surface area contributed by atoms with Crippen molar-refractivity contribution < 1.29 is 22.4 Å². The molecule has 0 saturated heterocycles. The van der Waals surface area contributed by atoms with Crippen LogP contribution in [0.3, 0.4) is 0 Å². The van der Waals surface area contributed by atoms with Crippen LogP contribution in [0, 0.1) is 17.2 Å². The van der Waals surface area contributed by atoms with E-state index in [1.165, 1.54) is 6.07 Å². The molecule has 2 aliphatic carbocycles. The van der Waals surface area contributed by atoms with Crippen LogP contribution >= 0.6 is 0 Å². The Bertz CT molecular complexity index is 1470. The third-order valence-electron chi connectivity index (χ3n) is 8.70. The number of likely N-dealkylation sites (N-methyl/N-ethyl adjacent to an activating group) is 1. The molecule has 5 rings (SSSR count). The second-order valence-corrected chi connectivity index (χ2v) is 14.9. The molecule has 0 atom stereocenters. The number of carbonyl (C=O) groups excluding carboxylic acids is 2. The SMILES string of the molecule is CN(C)CCNC(=O)C1CCC(Nc2cc(-n3c4c(c5c3CC(C)(C)CS5(=O)=O)CCC4)cc(F)c2C(N)=O)CC1. The minimum Gasteiger partial charge on any atom is -0.382 e. The molecule has 4 N–H and O–H groups in total. The van der Waals surface area contributed by atoms with E-state index in [-0.39, 0.29) is 29.2 Å². The van der Waals surface area contributed by atoms with E-state index in [0.29, 0.717) is 73.5 Å². The van der Waals surface area contributed by atoms with Gasteiger partial charge in [-0.3, -0.25) is 9.59 Å². The minimum absolute atomic E-state index is 0.0558. The topological polar surface area (TPSA) is 127 Å². The van der Waals surface area contributed by atoms with Crippen LogP contribution in [0.4, 0.5) is 10.1 Å². The molecule has 11 heteroatoms. The molecular weight excluding hydrogens is 545 g/mol. The lowest BCUT2D eigenvalue weighted by Crippen LogP contribution is -2.38. The number of nitrogens with one attached hydrogen (secondary N) is 2.